The molecule has 1 nitrogen and oxygen atoms in total. The molecule has 1 aromatic rings. The SMILES string of the molecule is CC(C)n1cccc1C1(Cl)CCCCC1. The first-order valence-electron chi connectivity index (χ1n) is 6.00. The molecule has 1 saturated carbocycles. The summed E-state index contributed by atoms with van der Waals surface area (Å²) in [6.07, 6.45) is 8.30. The van der Waals surface area contributed by atoms with E-state index in [0.29, 0.717) is 6.04 Å². The Hall–Kier alpha value is -0.430. The maximum atomic E-state index is 6.77. The average molecular weight is 226 g/mol. The van der Waals surface area contributed by atoms with Gasteiger partial charge in [-0.2, -0.15) is 0 Å². The van der Waals surface area contributed by atoms with Gasteiger partial charge in [0, 0.05) is 17.9 Å². The van der Waals surface area contributed by atoms with Crippen LogP contribution in [0.3, 0.4) is 0 Å². The molecule has 0 aliphatic heterocycles. The number of halogens is 1. The maximum absolute atomic E-state index is 6.77. The molecule has 1 aromatic heterocycles. The highest BCUT2D eigenvalue weighted by Gasteiger charge is 2.33. The molecule has 2 heteroatoms. The summed E-state index contributed by atoms with van der Waals surface area (Å²) in [5.41, 5.74) is 1.32. The van der Waals surface area contributed by atoms with E-state index in [1.807, 2.05) is 0 Å². The van der Waals surface area contributed by atoms with Crippen molar-refractivity contribution < 1.29 is 0 Å². The van der Waals surface area contributed by atoms with Crippen molar-refractivity contribution in [1.82, 2.24) is 4.57 Å². The third-order valence-corrected chi connectivity index (χ3v) is 4.01. The quantitative estimate of drug-likeness (QED) is 0.655. The summed E-state index contributed by atoms with van der Waals surface area (Å²) in [6.45, 7) is 4.43. The molecule has 84 valence electrons. The fourth-order valence-electron chi connectivity index (χ4n) is 2.59. The number of hydrogen-bond donors (Lipinski definition) is 0. The van der Waals surface area contributed by atoms with Gasteiger partial charge < -0.3 is 4.57 Å². The summed E-state index contributed by atoms with van der Waals surface area (Å²) in [5, 5.41) is 0. The van der Waals surface area contributed by atoms with Crippen molar-refractivity contribution in [3.8, 4) is 0 Å². The summed E-state index contributed by atoms with van der Waals surface area (Å²) >= 11 is 6.77. The molecule has 15 heavy (non-hydrogen) atoms. The molecule has 0 atom stereocenters. The highest BCUT2D eigenvalue weighted by Crippen LogP contribution is 2.43. The Morgan fingerprint density at radius 2 is 1.93 bits per heavy atom. The molecule has 1 fully saturated rings. The Balaban J connectivity index is 2.30. The van der Waals surface area contributed by atoms with Gasteiger partial charge in [-0.3, -0.25) is 0 Å². The first-order chi connectivity index (χ1) is 7.13. The van der Waals surface area contributed by atoms with Crippen molar-refractivity contribution in [2.75, 3.05) is 0 Å². The fraction of sp³-hybridized carbons (Fsp3) is 0.692. The maximum Gasteiger partial charge on any atom is 0.0845 e. The van der Waals surface area contributed by atoms with Crippen LogP contribution in [0, 0.1) is 0 Å². The van der Waals surface area contributed by atoms with Gasteiger partial charge in [-0.05, 0) is 38.8 Å². The Bertz CT molecular complexity index is 321. The van der Waals surface area contributed by atoms with Crippen LogP contribution in [-0.2, 0) is 4.87 Å². The Kier molecular flexibility index (Phi) is 3.11. The normalized spacial score (nSPS) is 20.8. The van der Waals surface area contributed by atoms with Crippen molar-refractivity contribution in [3.63, 3.8) is 0 Å². The third-order valence-electron chi connectivity index (χ3n) is 3.44. The fourth-order valence-corrected chi connectivity index (χ4v) is 3.02. The monoisotopic (exact) mass is 225 g/mol. The second-order valence-corrected chi connectivity index (χ2v) is 5.64. The van der Waals surface area contributed by atoms with Crippen LogP contribution in [0.1, 0.15) is 57.7 Å². The zero-order valence-corrected chi connectivity index (χ0v) is 10.4. The lowest BCUT2D eigenvalue weighted by molar-refractivity contribution is 0.373. The van der Waals surface area contributed by atoms with E-state index in [-0.39, 0.29) is 4.87 Å². The summed E-state index contributed by atoms with van der Waals surface area (Å²) < 4.78 is 2.32. The summed E-state index contributed by atoms with van der Waals surface area (Å²) in [6, 6.07) is 4.82. The lowest BCUT2D eigenvalue weighted by atomic mass is 9.86. The van der Waals surface area contributed by atoms with Gasteiger partial charge in [0.2, 0.25) is 0 Å². The van der Waals surface area contributed by atoms with Gasteiger partial charge in [-0.1, -0.05) is 19.3 Å². The van der Waals surface area contributed by atoms with Crippen molar-refractivity contribution in [2.24, 2.45) is 0 Å². The van der Waals surface area contributed by atoms with Crippen molar-refractivity contribution in [2.45, 2.75) is 56.9 Å². The van der Waals surface area contributed by atoms with Crippen LogP contribution in [0.25, 0.3) is 0 Å². The molecule has 1 aliphatic carbocycles. The molecule has 0 bridgehead atoms. The standard InChI is InChI=1S/C13H20ClN/c1-11(2)15-10-6-7-12(15)13(14)8-4-3-5-9-13/h6-7,10-11H,3-5,8-9H2,1-2H3. The topological polar surface area (TPSA) is 4.93 Å². The van der Waals surface area contributed by atoms with Gasteiger partial charge in [0.1, 0.15) is 0 Å². The molecular weight excluding hydrogens is 206 g/mol. The van der Waals surface area contributed by atoms with Gasteiger partial charge in [0.05, 0.1) is 4.87 Å². The largest absolute Gasteiger partial charge is 0.347 e. The molecular formula is C13H20ClN. The number of rotatable bonds is 2. The van der Waals surface area contributed by atoms with E-state index in [9.17, 15) is 0 Å². The van der Waals surface area contributed by atoms with E-state index in [2.05, 4.69) is 36.7 Å². The third kappa shape index (κ3) is 2.08. The molecule has 0 radical (unpaired) electrons. The molecule has 1 heterocycles. The van der Waals surface area contributed by atoms with E-state index >= 15 is 0 Å². The minimum Gasteiger partial charge on any atom is -0.347 e. The van der Waals surface area contributed by atoms with Gasteiger partial charge in [-0.15, -0.1) is 11.6 Å². The predicted molar refractivity (Wildman–Crippen MR) is 65.4 cm³/mol. The molecule has 0 N–H and O–H groups in total. The summed E-state index contributed by atoms with van der Waals surface area (Å²) in [4.78, 5) is -0.0912. The molecule has 0 unspecified atom stereocenters. The van der Waals surface area contributed by atoms with E-state index in [0.717, 1.165) is 12.8 Å². The second-order valence-electron chi connectivity index (χ2n) is 4.92. The first-order valence-corrected chi connectivity index (χ1v) is 6.37. The number of aromatic nitrogens is 1. The van der Waals surface area contributed by atoms with Crippen molar-refractivity contribution in [3.05, 3.63) is 24.0 Å². The van der Waals surface area contributed by atoms with Crippen molar-refractivity contribution >= 4 is 11.6 Å². The number of alkyl halides is 1. The Labute approximate surface area is 97.4 Å². The lowest BCUT2D eigenvalue weighted by Crippen LogP contribution is -2.26. The first kappa shape index (κ1) is 11.1. The summed E-state index contributed by atoms with van der Waals surface area (Å²) in [5.74, 6) is 0. The second kappa shape index (κ2) is 4.21. The van der Waals surface area contributed by atoms with Crippen LogP contribution < -0.4 is 0 Å². The van der Waals surface area contributed by atoms with E-state index in [4.69, 9.17) is 11.6 Å². The van der Waals surface area contributed by atoms with Gasteiger partial charge in [-0.25, -0.2) is 0 Å². The van der Waals surface area contributed by atoms with E-state index in [1.165, 1.54) is 25.0 Å². The van der Waals surface area contributed by atoms with E-state index in [1.54, 1.807) is 0 Å². The Morgan fingerprint density at radius 3 is 2.53 bits per heavy atom. The van der Waals surface area contributed by atoms with Gasteiger partial charge in [0.25, 0.3) is 0 Å². The highest BCUT2D eigenvalue weighted by molar-refractivity contribution is 6.23. The number of hydrogen-bond acceptors (Lipinski definition) is 0. The van der Waals surface area contributed by atoms with Crippen LogP contribution in [0.4, 0.5) is 0 Å². The smallest absolute Gasteiger partial charge is 0.0845 e. The molecule has 0 saturated heterocycles. The van der Waals surface area contributed by atoms with E-state index < -0.39 is 0 Å². The minimum absolute atomic E-state index is 0.0912. The van der Waals surface area contributed by atoms with Gasteiger partial charge >= 0.3 is 0 Å². The van der Waals surface area contributed by atoms with Crippen LogP contribution in [-0.4, -0.2) is 4.57 Å². The molecule has 1 aliphatic rings. The molecule has 0 aromatic carbocycles. The predicted octanol–water partition coefficient (Wildman–Crippen LogP) is 4.47. The molecule has 2 rings (SSSR count). The van der Waals surface area contributed by atoms with Gasteiger partial charge in [0.15, 0.2) is 0 Å². The van der Waals surface area contributed by atoms with Crippen molar-refractivity contribution in [1.29, 1.82) is 0 Å². The van der Waals surface area contributed by atoms with Crippen LogP contribution >= 0.6 is 11.6 Å². The highest BCUT2D eigenvalue weighted by atomic mass is 35.5. The van der Waals surface area contributed by atoms with Crippen LogP contribution in [0.15, 0.2) is 18.3 Å². The lowest BCUT2D eigenvalue weighted by Gasteiger charge is -2.33. The minimum atomic E-state index is -0.0912. The zero-order chi connectivity index (χ0) is 10.9. The summed E-state index contributed by atoms with van der Waals surface area (Å²) in [7, 11) is 0. The molecule has 0 amide bonds. The van der Waals surface area contributed by atoms with Crippen LogP contribution in [0.5, 0.6) is 0 Å². The van der Waals surface area contributed by atoms with Crippen LogP contribution in [0.2, 0.25) is 0 Å². The average Bonchev–Trinajstić information content (AvgIpc) is 2.67. The molecule has 0 spiro atoms. The Morgan fingerprint density at radius 1 is 1.27 bits per heavy atom. The zero-order valence-electron chi connectivity index (χ0n) is 9.67. The number of nitrogens with zero attached hydrogens (tertiary/aromatic N) is 1.